The molecule has 0 aromatic heterocycles. The summed E-state index contributed by atoms with van der Waals surface area (Å²) in [5.41, 5.74) is 4.64. The molecule has 1 atom stereocenters. The van der Waals surface area contributed by atoms with Crippen molar-refractivity contribution in [1.29, 1.82) is 0 Å². The lowest BCUT2D eigenvalue weighted by molar-refractivity contribution is 0.373. The van der Waals surface area contributed by atoms with E-state index in [1.807, 2.05) is 0 Å². The van der Waals surface area contributed by atoms with E-state index in [2.05, 4.69) is 68.7 Å². The smallest absolute Gasteiger partial charge is 0.0191 e. The van der Waals surface area contributed by atoms with Crippen molar-refractivity contribution in [3.8, 4) is 0 Å². The van der Waals surface area contributed by atoms with Gasteiger partial charge in [0.1, 0.15) is 0 Å². The van der Waals surface area contributed by atoms with Crippen LogP contribution in [0.15, 0.2) is 18.2 Å². The molecule has 0 aliphatic rings. The normalized spacial score (nSPS) is 13.9. The van der Waals surface area contributed by atoms with Crippen LogP contribution < -0.4 is 0 Å². The van der Waals surface area contributed by atoms with Crippen LogP contribution in [0.1, 0.15) is 43.9 Å². The second-order valence-electron chi connectivity index (χ2n) is 6.00. The SMILES string of the molecule is Cc1ccc(C)c(CC(Br)CC(C)(C)C)c1. The zero-order valence-electron chi connectivity index (χ0n) is 11.1. The number of hydrogen-bond acceptors (Lipinski definition) is 0. The largest absolute Gasteiger partial charge is 0.0887 e. The van der Waals surface area contributed by atoms with Gasteiger partial charge < -0.3 is 0 Å². The van der Waals surface area contributed by atoms with Crippen molar-refractivity contribution >= 4 is 15.9 Å². The predicted molar refractivity (Wildman–Crippen MR) is 76.4 cm³/mol. The lowest BCUT2D eigenvalue weighted by atomic mass is 9.88. The summed E-state index contributed by atoms with van der Waals surface area (Å²) in [7, 11) is 0. The van der Waals surface area contributed by atoms with E-state index in [1.54, 1.807) is 0 Å². The van der Waals surface area contributed by atoms with Crippen LogP contribution in [0.5, 0.6) is 0 Å². The summed E-state index contributed by atoms with van der Waals surface area (Å²) in [5, 5.41) is 0. The first-order chi connectivity index (χ1) is 7.28. The summed E-state index contributed by atoms with van der Waals surface area (Å²) in [6, 6.07) is 6.72. The molecule has 1 rings (SSSR count). The summed E-state index contributed by atoms with van der Waals surface area (Å²) in [6.45, 7) is 11.3. The average Bonchev–Trinajstić information content (AvgIpc) is 2.08. The molecule has 0 aliphatic heterocycles. The maximum atomic E-state index is 3.81. The second-order valence-corrected chi connectivity index (χ2v) is 7.29. The average molecular weight is 283 g/mol. The highest BCUT2D eigenvalue weighted by molar-refractivity contribution is 9.09. The quantitative estimate of drug-likeness (QED) is 0.681. The van der Waals surface area contributed by atoms with Crippen molar-refractivity contribution in [3.63, 3.8) is 0 Å². The van der Waals surface area contributed by atoms with Crippen LogP contribution in [0.2, 0.25) is 0 Å². The maximum absolute atomic E-state index is 3.81. The number of hydrogen-bond donors (Lipinski definition) is 0. The molecule has 1 unspecified atom stereocenters. The molecule has 0 aliphatic carbocycles. The third-order valence-electron chi connectivity index (χ3n) is 2.78. The molecule has 0 amide bonds. The number of aryl methyl sites for hydroxylation is 2. The maximum Gasteiger partial charge on any atom is 0.0191 e. The Bertz CT molecular complexity index is 347. The Kier molecular flexibility index (Phi) is 4.61. The second kappa shape index (κ2) is 5.35. The molecule has 0 heterocycles. The Hall–Kier alpha value is -0.300. The van der Waals surface area contributed by atoms with E-state index in [-0.39, 0.29) is 0 Å². The summed E-state index contributed by atoms with van der Waals surface area (Å²) >= 11 is 3.81. The van der Waals surface area contributed by atoms with Crippen LogP contribution in [0.3, 0.4) is 0 Å². The van der Waals surface area contributed by atoms with Crippen LogP contribution in [0.25, 0.3) is 0 Å². The minimum atomic E-state index is 0.395. The summed E-state index contributed by atoms with van der Waals surface area (Å²) < 4.78 is 0. The van der Waals surface area contributed by atoms with Gasteiger partial charge in [-0.05, 0) is 43.2 Å². The minimum absolute atomic E-state index is 0.395. The van der Waals surface area contributed by atoms with Gasteiger partial charge in [-0.3, -0.25) is 0 Å². The summed E-state index contributed by atoms with van der Waals surface area (Å²) in [4.78, 5) is 0.577. The lowest BCUT2D eigenvalue weighted by Gasteiger charge is -2.22. The minimum Gasteiger partial charge on any atom is -0.0887 e. The van der Waals surface area contributed by atoms with Gasteiger partial charge in [0, 0.05) is 4.83 Å². The fourth-order valence-corrected chi connectivity index (χ4v) is 3.32. The summed E-state index contributed by atoms with van der Waals surface area (Å²) in [5.74, 6) is 0. The molecule has 0 bridgehead atoms. The standard InChI is InChI=1S/C15H23Br/c1-11-6-7-12(2)13(8-11)9-14(16)10-15(3,4)5/h6-8,14H,9-10H2,1-5H3. The molecule has 90 valence electrons. The van der Waals surface area contributed by atoms with Gasteiger partial charge in [0.05, 0.1) is 0 Å². The molecule has 0 N–H and O–H groups in total. The van der Waals surface area contributed by atoms with E-state index in [4.69, 9.17) is 0 Å². The molecule has 0 saturated carbocycles. The van der Waals surface area contributed by atoms with Crippen molar-refractivity contribution < 1.29 is 0 Å². The summed E-state index contributed by atoms with van der Waals surface area (Å²) in [6.07, 6.45) is 2.34. The molecular formula is C15H23Br. The number of rotatable bonds is 3. The van der Waals surface area contributed by atoms with Crippen molar-refractivity contribution in [2.75, 3.05) is 0 Å². The molecule has 1 aromatic rings. The predicted octanol–water partition coefficient (Wildman–Crippen LogP) is 5.05. The molecule has 0 saturated heterocycles. The third kappa shape index (κ3) is 4.69. The zero-order valence-corrected chi connectivity index (χ0v) is 12.7. The molecule has 1 aromatic carbocycles. The molecular weight excluding hydrogens is 260 g/mol. The van der Waals surface area contributed by atoms with Crippen LogP contribution in [-0.2, 0) is 6.42 Å². The van der Waals surface area contributed by atoms with Gasteiger partial charge in [-0.15, -0.1) is 0 Å². The third-order valence-corrected chi connectivity index (χ3v) is 3.43. The Morgan fingerprint density at radius 2 is 1.81 bits per heavy atom. The van der Waals surface area contributed by atoms with Crippen molar-refractivity contribution in [2.24, 2.45) is 5.41 Å². The molecule has 16 heavy (non-hydrogen) atoms. The van der Waals surface area contributed by atoms with Crippen molar-refractivity contribution in [2.45, 2.75) is 52.3 Å². The van der Waals surface area contributed by atoms with Gasteiger partial charge in [-0.2, -0.15) is 0 Å². The van der Waals surface area contributed by atoms with E-state index >= 15 is 0 Å². The highest BCUT2D eigenvalue weighted by Gasteiger charge is 2.17. The van der Waals surface area contributed by atoms with E-state index in [0.717, 1.165) is 6.42 Å². The van der Waals surface area contributed by atoms with Crippen LogP contribution >= 0.6 is 15.9 Å². The van der Waals surface area contributed by atoms with E-state index in [1.165, 1.54) is 23.1 Å². The highest BCUT2D eigenvalue weighted by atomic mass is 79.9. The monoisotopic (exact) mass is 282 g/mol. The molecule has 0 spiro atoms. The first-order valence-corrected chi connectivity index (χ1v) is 6.90. The number of benzene rings is 1. The van der Waals surface area contributed by atoms with E-state index < -0.39 is 0 Å². The zero-order chi connectivity index (χ0) is 12.3. The molecule has 0 radical (unpaired) electrons. The molecule has 0 nitrogen and oxygen atoms in total. The Morgan fingerprint density at radius 3 is 2.38 bits per heavy atom. The van der Waals surface area contributed by atoms with Crippen LogP contribution in [0.4, 0.5) is 0 Å². The van der Waals surface area contributed by atoms with Crippen molar-refractivity contribution in [1.82, 2.24) is 0 Å². The molecule has 0 fully saturated rings. The van der Waals surface area contributed by atoms with Crippen molar-refractivity contribution in [3.05, 3.63) is 34.9 Å². The Morgan fingerprint density at radius 1 is 1.19 bits per heavy atom. The number of alkyl halides is 1. The van der Waals surface area contributed by atoms with Gasteiger partial charge in [0.2, 0.25) is 0 Å². The fourth-order valence-electron chi connectivity index (χ4n) is 2.00. The van der Waals surface area contributed by atoms with Crippen LogP contribution in [-0.4, -0.2) is 4.83 Å². The van der Waals surface area contributed by atoms with Gasteiger partial charge in [0.25, 0.3) is 0 Å². The fraction of sp³-hybridized carbons (Fsp3) is 0.600. The first-order valence-electron chi connectivity index (χ1n) is 5.98. The topological polar surface area (TPSA) is 0 Å². The van der Waals surface area contributed by atoms with E-state index in [0.29, 0.717) is 10.2 Å². The van der Waals surface area contributed by atoms with Gasteiger partial charge >= 0.3 is 0 Å². The van der Waals surface area contributed by atoms with Gasteiger partial charge in [0.15, 0.2) is 0 Å². The number of halogens is 1. The first kappa shape index (κ1) is 13.8. The Balaban J connectivity index is 2.69. The van der Waals surface area contributed by atoms with Gasteiger partial charge in [-0.25, -0.2) is 0 Å². The lowest BCUT2D eigenvalue weighted by Crippen LogP contribution is -2.15. The van der Waals surface area contributed by atoms with Gasteiger partial charge in [-0.1, -0.05) is 60.5 Å². The highest BCUT2D eigenvalue weighted by Crippen LogP contribution is 2.27. The molecule has 1 heteroatoms. The van der Waals surface area contributed by atoms with E-state index in [9.17, 15) is 0 Å². The van der Waals surface area contributed by atoms with Crippen LogP contribution in [0, 0.1) is 19.3 Å². The Labute approximate surface area is 109 Å².